The summed E-state index contributed by atoms with van der Waals surface area (Å²) >= 11 is 0. The van der Waals surface area contributed by atoms with Crippen LogP contribution in [-0.2, 0) is 0 Å². The highest BCUT2D eigenvalue weighted by Crippen LogP contribution is 2.23. The highest BCUT2D eigenvalue weighted by Gasteiger charge is 2.06. The predicted octanol–water partition coefficient (Wildman–Crippen LogP) is 4.29. The van der Waals surface area contributed by atoms with Gasteiger partial charge >= 0.3 is 0 Å². The first-order valence-corrected chi connectivity index (χ1v) is 5.73. The van der Waals surface area contributed by atoms with Crippen LogP contribution in [-0.4, -0.2) is 6.61 Å². The van der Waals surface area contributed by atoms with Crippen LogP contribution in [0.5, 0.6) is 5.75 Å². The van der Waals surface area contributed by atoms with E-state index in [-0.39, 0.29) is 11.7 Å². The molecular formula is C14H19FO. The zero-order valence-corrected chi connectivity index (χ0v) is 10.0. The molecule has 1 aromatic rings. The zero-order valence-electron chi connectivity index (χ0n) is 10.0. The number of ether oxygens (including phenoxy) is 1. The monoisotopic (exact) mass is 222 g/mol. The summed E-state index contributed by atoms with van der Waals surface area (Å²) in [7, 11) is 0. The molecule has 0 N–H and O–H groups in total. The Balaban J connectivity index is 2.77. The largest absolute Gasteiger partial charge is 0.493 e. The molecule has 1 unspecified atom stereocenters. The normalized spacial score (nSPS) is 12.2. The lowest BCUT2D eigenvalue weighted by molar-refractivity contribution is 0.307. The van der Waals surface area contributed by atoms with E-state index in [0.717, 1.165) is 18.4 Å². The van der Waals surface area contributed by atoms with E-state index < -0.39 is 0 Å². The predicted molar refractivity (Wildman–Crippen MR) is 65.4 cm³/mol. The molecule has 0 heterocycles. The van der Waals surface area contributed by atoms with Crippen molar-refractivity contribution in [2.75, 3.05) is 6.61 Å². The van der Waals surface area contributed by atoms with Gasteiger partial charge < -0.3 is 4.74 Å². The van der Waals surface area contributed by atoms with Crippen LogP contribution in [0, 0.1) is 5.82 Å². The van der Waals surface area contributed by atoms with Crippen molar-refractivity contribution in [3.63, 3.8) is 0 Å². The molecule has 16 heavy (non-hydrogen) atoms. The molecule has 0 aliphatic rings. The molecule has 0 aromatic heterocycles. The van der Waals surface area contributed by atoms with Crippen LogP contribution in [0.2, 0.25) is 0 Å². The second-order valence-electron chi connectivity index (χ2n) is 3.95. The fourth-order valence-electron chi connectivity index (χ4n) is 1.40. The fraction of sp³-hybridized carbons (Fsp3) is 0.429. The lowest BCUT2D eigenvalue weighted by Gasteiger charge is -2.10. The van der Waals surface area contributed by atoms with E-state index >= 15 is 0 Å². The number of halogens is 1. The molecule has 2 heteroatoms. The molecule has 0 spiro atoms. The summed E-state index contributed by atoms with van der Waals surface area (Å²) in [6.45, 7) is 8.43. The first-order chi connectivity index (χ1) is 7.67. The van der Waals surface area contributed by atoms with Crippen molar-refractivity contribution in [2.24, 2.45) is 0 Å². The van der Waals surface area contributed by atoms with E-state index in [4.69, 9.17) is 4.74 Å². The molecule has 1 aromatic carbocycles. The molecule has 1 nitrogen and oxygen atoms in total. The smallest absolute Gasteiger partial charge is 0.127 e. The average Bonchev–Trinajstić information content (AvgIpc) is 2.27. The van der Waals surface area contributed by atoms with Crippen LogP contribution in [0.15, 0.2) is 30.9 Å². The molecular weight excluding hydrogens is 203 g/mol. The van der Waals surface area contributed by atoms with E-state index in [0.29, 0.717) is 12.4 Å². The minimum Gasteiger partial charge on any atom is -0.493 e. The summed E-state index contributed by atoms with van der Waals surface area (Å²) in [6.07, 6.45) is 3.86. The molecule has 0 fully saturated rings. The van der Waals surface area contributed by atoms with Crippen molar-refractivity contribution in [3.8, 4) is 5.75 Å². The first kappa shape index (κ1) is 12.8. The van der Waals surface area contributed by atoms with Gasteiger partial charge in [0.2, 0.25) is 0 Å². The molecule has 0 bridgehead atoms. The maximum Gasteiger partial charge on any atom is 0.127 e. The molecule has 0 amide bonds. The maximum atomic E-state index is 13.3. The molecule has 1 atom stereocenters. The Morgan fingerprint density at radius 3 is 2.81 bits per heavy atom. The van der Waals surface area contributed by atoms with Gasteiger partial charge in [-0.3, -0.25) is 0 Å². The van der Waals surface area contributed by atoms with Crippen LogP contribution >= 0.6 is 0 Å². The molecule has 1 rings (SSSR count). The minimum atomic E-state index is -0.252. The van der Waals surface area contributed by atoms with Crippen molar-refractivity contribution >= 4 is 0 Å². The zero-order chi connectivity index (χ0) is 12.0. The standard InChI is InChI=1S/C14H19FO/c1-4-6-7-16-14-9-12(11(3)5-2)8-13(15)10-14/h5,8-11H,2,4,6-7H2,1,3H3. The Bertz CT molecular complexity index is 347. The van der Waals surface area contributed by atoms with E-state index in [1.807, 2.05) is 13.0 Å². The quantitative estimate of drug-likeness (QED) is 0.515. The summed E-state index contributed by atoms with van der Waals surface area (Å²) < 4.78 is 18.8. The van der Waals surface area contributed by atoms with Gasteiger partial charge in [-0.2, -0.15) is 0 Å². The van der Waals surface area contributed by atoms with E-state index in [2.05, 4.69) is 13.5 Å². The molecule has 0 radical (unpaired) electrons. The Morgan fingerprint density at radius 2 is 2.19 bits per heavy atom. The topological polar surface area (TPSA) is 9.23 Å². The summed E-state index contributed by atoms with van der Waals surface area (Å²) in [4.78, 5) is 0. The Kier molecular flexibility index (Phi) is 5.03. The summed E-state index contributed by atoms with van der Waals surface area (Å²) in [5.41, 5.74) is 0.904. The second-order valence-corrected chi connectivity index (χ2v) is 3.95. The molecule has 0 saturated carbocycles. The third-order valence-electron chi connectivity index (χ3n) is 2.54. The number of hydrogen-bond donors (Lipinski definition) is 0. The Labute approximate surface area is 96.9 Å². The SMILES string of the molecule is C=CC(C)c1cc(F)cc(OCCCC)c1. The van der Waals surface area contributed by atoms with Gasteiger partial charge in [-0.1, -0.05) is 26.3 Å². The number of allylic oxidation sites excluding steroid dienone is 1. The van der Waals surface area contributed by atoms with Gasteiger partial charge in [0.1, 0.15) is 11.6 Å². The summed E-state index contributed by atoms with van der Waals surface area (Å²) in [5, 5.41) is 0. The highest BCUT2D eigenvalue weighted by atomic mass is 19.1. The number of benzene rings is 1. The van der Waals surface area contributed by atoms with Gasteiger partial charge in [-0.05, 0) is 30.0 Å². The molecule has 0 aliphatic carbocycles. The Morgan fingerprint density at radius 1 is 1.44 bits per heavy atom. The number of hydrogen-bond acceptors (Lipinski definition) is 1. The van der Waals surface area contributed by atoms with Gasteiger partial charge in [0, 0.05) is 6.07 Å². The third-order valence-corrected chi connectivity index (χ3v) is 2.54. The van der Waals surface area contributed by atoms with Gasteiger partial charge in [-0.15, -0.1) is 6.58 Å². The van der Waals surface area contributed by atoms with Crippen LogP contribution in [0.3, 0.4) is 0 Å². The van der Waals surface area contributed by atoms with Crippen molar-refractivity contribution in [1.29, 1.82) is 0 Å². The van der Waals surface area contributed by atoms with Gasteiger partial charge in [0.05, 0.1) is 6.61 Å². The number of unbranched alkanes of at least 4 members (excludes halogenated alkanes) is 1. The van der Waals surface area contributed by atoms with Gasteiger partial charge in [0.25, 0.3) is 0 Å². The van der Waals surface area contributed by atoms with Crippen molar-refractivity contribution in [1.82, 2.24) is 0 Å². The van der Waals surface area contributed by atoms with E-state index in [9.17, 15) is 4.39 Å². The van der Waals surface area contributed by atoms with Crippen LogP contribution in [0.4, 0.5) is 4.39 Å². The van der Waals surface area contributed by atoms with E-state index in [1.165, 1.54) is 12.1 Å². The summed E-state index contributed by atoms with van der Waals surface area (Å²) in [6, 6.07) is 4.83. The Hall–Kier alpha value is -1.31. The molecule has 0 saturated heterocycles. The maximum absolute atomic E-state index is 13.3. The number of rotatable bonds is 6. The first-order valence-electron chi connectivity index (χ1n) is 5.73. The third kappa shape index (κ3) is 3.69. The van der Waals surface area contributed by atoms with Crippen molar-refractivity contribution < 1.29 is 9.13 Å². The average molecular weight is 222 g/mol. The second kappa shape index (κ2) is 6.31. The fourth-order valence-corrected chi connectivity index (χ4v) is 1.40. The van der Waals surface area contributed by atoms with Crippen molar-refractivity contribution in [3.05, 3.63) is 42.2 Å². The highest BCUT2D eigenvalue weighted by molar-refractivity contribution is 5.33. The molecule has 88 valence electrons. The van der Waals surface area contributed by atoms with Crippen molar-refractivity contribution in [2.45, 2.75) is 32.6 Å². The lowest BCUT2D eigenvalue weighted by Crippen LogP contribution is -1.99. The lowest BCUT2D eigenvalue weighted by atomic mass is 10.0. The van der Waals surface area contributed by atoms with Gasteiger partial charge in [-0.25, -0.2) is 4.39 Å². The van der Waals surface area contributed by atoms with Crippen LogP contribution < -0.4 is 4.74 Å². The molecule has 0 aliphatic heterocycles. The van der Waals surface area contributed by atoms with E-state index in [1.54, 1.807) is 6.08 Å². The van der Waals surface area contributed by atoms with Crippen LogP contribution in [0.25, 0.3) is 0 Å². The summed E-state index contributed by atoms with van der Waals surface area (Å²) in [5.74, 6) is 0.499. The van der Waals surface area contributed by atoms with Gasteiger partial charge in [0.15, 0.2) is 0 Å². The van der Waals surface area contributed by atoms with Crippen LogP contribution in [0.1, 0.15) is 38.2 Å². The minimum absolute atomic E-state index is 0.143.